The molecule has 5 nitrogen and oxygen atoms in total. The van der Waals surface area contributed by atoms with E-state index in [4.69, 9.17) is 5.73 Å². The van der Waals surface area contributed by atoms with Crippen LogP contribution in [0.4, 0.5) is 14.5 Å². The second kappa shape index (κ2) is 6.81. The van der Waals surface area contributed by atoms with Gasteiger partial charge in [0.1, 0.15) is 11.6 Å². The monoisotopic (exact) mass is 401 g/mol. The van der Waals surface area contributed by atoms with Crippen LogP contribution in [-0.4, -0.2) is 19.4 Å². The quantitative estimate of drug-likeness (QED) is 0.436. The van der Waals surface area contributed by atoms with E-state index in [0.29, 0.717) is 16.8 Å². The van der Waals surface area contributed by atoms with Crippen molar-refractivity contribution in [2.24, 2.45) is 7.05 Å². The fraction of sp³-hybridized carbons (Fsp3) is 0.0435. The number of nitrogens with zero attached hydrogens (tertiary/aromatic N) is 4. The summed E-state index contributed by atoms with van der Waals surface area (Å²) in [4.78, 5) is 0. The van der Waals surface area contributed by atoms with E-state index < -0.39 is 11.6 Å². The number of anilines is 1. The molecule has 0 saturated carbocycles. The molecule has 0 aliphatic rings. The van der Waals surface area contributed by atoms with Crippen LogP contribution in [0.1, 0.15) is 0 Å². The Kier molecular flexibility index (Phi) is 4.10. The van der Waals surface area contributed by atoms with E-state index in [2.05, 4.69) is 10.2 Å². The van der Waals surface area contributed by atoms with Gasteiger partial charge in [-0.1, -0.05) is 6.07 Å². The van der Waals surface area contributed by atoms with E-state index in [1.807, 2.05) is 43.7 Å². The van der Waals surface area contributed by atoms with Crippen LogP contribution < -0.4 is 5.73 Å². The molecule has 2 N–H and O–H groups in total. The van der Waals surface area contributed by atoms with E-state index in [1.54, 1.807) is 27.7 Å². The molecule has 30 heavy (non-hydrogen) atoms. The maximum absolute atomic E-state index is 14.3. The number of aromatic nitrogens is 4. The molecule has 0 amide bonds. The Morgan fingerprint density at radius 2 is 1.57 bits per heavy atom. The minimum atomic E-state index is -0.632. The molecule has 0 atom stereocenters. The third-order valence-electron chi connectivity index (χ3n) is 5.06. The molecule has 0 aliphatic heterocycles. The summed E-state index contributed by atoms with van der Waals surface area (Å²) in [6.45, 7) is 0. The normalized spacial score (nSPS) is 11.3. The Morgan fingerprint density at radius 1 is 0.767 bits per heavy atom. The number of nitrogens with two attached hydrogens (primary N) is 1. The van der Waals surface area contributed by atoms with Gasteiger partial charge in [0.15, 0.2) is 0 Å². The molecule has 7 heteroatoms. The summed E-state index contributed by atoms with van der Waals surface area (Å²) < 4.78 is 31.1. The van der Waals surface area contributed by atoms with E-state index >= 15 is 0 Å². The van der Waals surface area contributed by atoms with E-state index in [9.17, 15) is 8.78 Å². The average Bonchev–Trinajstić information content (AvgIpc) is 3.33. The molecule has 5 aromatic rings. The highest BCUT2D eigenvalue weighted by Crippen LogP contribution is 2.33. The predicted octanol–water partition coefficient (Wildman–Crippen LogP) is 4.93. The molecule has 2 aromatic carbocycles. The van der Waals surface area contributed by atoms with E-state index in [-0.39, 0.29) is 0 Å². The first-order valence-corrected chi connectivity index (χ1v) is 9.31. The minimum absolute atomic E-state index is 0.292. The van der Waals surface area contributed by atoms with Gasteiger partial charge in [0.2, 0.25) is 0 Å². The zero-order valence-corrected chi connectivity index (χ0v) is 16.1. The summed E-state index contributed by atoms with van der Waals surface area (Å²) in [5.74, 6) is -1.25. The summed E-state index contributed by atoms with van der Waals surface area (Å²) in [5.41, 5.74) is 12.0. The van der Waals surface area contributed by atoms with Gasteiger partial charge in [-0.25, -0.2) is 13.3 Å². The van der Waals surface area contributed by atoms with Crippen LogP contribution in [0, 0.1) is 11.6 Å². The SMILES string of the molecule is Cn1cc(-c2ccc3c(-c4cc(N)cc(-c5ccc(F)cc5F)c4)cnn3c2)cn1. The Hall–Kier alpha value is -4.00. The summed E-state index contributed by atoms with van der Waals surface area (Å²) in [6, 6.07) is 12.8. The molecular weight excluding hydrogens is 384 g/mol. The molecular formula is C23H17F2N5. The van der Waals surface area contributed by atoms with Crippen LogP contribution in [-0.2, 0) is 7.05 Å². The number of hydrogen-bond acceptors (Lipinski definition) is 3. The van der Waals surface area contributed by atoms with Crippen molar-refractivity contribution in [3.8, 4) is 33.4 Å². The number of benzene rings is 2. The molecule has 3 heterocycles. The van der Waals surface area contributed by atoms with Crippen LogP contribution in [0.15, 0.2) is 73.3 Å². The van der Waals surface area contributed by atoms with Crippen molar-refractivity contribution in [1.29, 1.82) is 0 Å². The number of hydrogen-bond donors (Lipinski definition) is 1. The van der Waals surface area contributed by atoms with Crippen molar-refractivity contribution in [3.63, 3.8) is 0 Å². The van der Waals surface area contributed by atoms with Gasteiger partial charge in [-0.2, -0.15) is 10.2 Å². The third-order valence-corrected chi connectivity index (χ3v) is 5.06. The number of fused-ring (bicyclic) bond motifs is 1. The topological polar surface area (TPSA) is 61.1 Å². The van der Waals surface area contributed by atoms with Gasteiger partial charge < -0.3 is 5.73 Å². The second-order valence-electron chi connectivity index (χ2n) is 7.18. The summed E-state index contributed by atoms with van der Waals surface area (Å²) >= 11 is 0. The van der Waals surface area contributed by atoms with Gasteiger partial charge >= 0.3 is 0 Å². The Morgan fingerprint density at radius 3 is 2.30 bits per heavy atom. The predicted molar refractivity (Wildman–Crippen MR) is 113 cm³/mol. The number of halogens is 2. The number of nitrogen functional groups attached to an aromatic ring is 1. The Balaban J connectivity index is 1.61. The average molecular weight is 401 g/mol. The lowest BCUT2D eigenvalue weighted by atomic mass is 9.98. The molecule has 0 spiro atoms. The first-order valence-electron chi connectivity index (χ1n) is 9.31. The highest BCUT2D eigenvalue weighted by molar-refractivity contribution is 5.85. The van der Waals surface area contributed by atoms with Gasteiger partial charge in [-0.15, -0.1) is 0 Å². The lowest BCUT2D eigenvalue weighted by molar-refractivity contribution is 0.585. The number of pyridine rings is 1. The lowest BCUT2D eigenvalue weighted by Crippen LogP contribution is -1.92. The lowest BCUT2D eigenvalue weighted by Gasteiger charge is -2.09. The van der Waals surface area contributed by atoms with E-state index in [0.717, 1.165) is 33.8 Å². The molecule has 5 rings (SSSR count). The molecule has 0 aliphatic carbocycles. The number of rotatable bonds is 3. The van der Waals surface area contributed by atoms with Gasteiger partial charge in [0.25, 0.3) is 0 Å². The van der Waals surface area contributed by atoms with Gasteiger partial charge in [-0.3, -0.25) is 4.68 Å². The first-order chi connectivity index (χ1) is 14.5. The zero-order chi connectivity index (χ0) is 20.8. The van der Waals surface area contributed by atoms with Crippen molar-refractivity contribution in [2.75, 3.05) is 5.73 Å². The van der Waals surface area contributed by atoms with Crippen LogP contribution in [0.3, 0.4) is 0 Å². The minimum Gasteiger partial charge on any atom is -0.399 e. The standard InChI is InChI=1S/C23H17F2N5/c1-29-12-17(10-27-29)14-2-5-23-21(11-28-30(23)13-14)16-6-15(7-19(26)8-16)20-4-3-18(24)9-22(20)25/h2-13H,26H2,1H3. The molecule has 0 fully saturated rings. The maximum atomic E-state index is 14.3. The summed E-state index contributed by atoms with van der Waals surface area (Å²) in [7, 11) is 1.87. The van der Waals surface area contributed by atoms with Crippen LogP contribution in [0.2, 0.25) is 0 Å². The highest BCUT2D eigenvalue weighted by Gasteiger charge is 2.13. The largest absolute Gasteiger partial charge is 0.399 e. The van der Waals surface area contributed by atoms with Crippen molar-refractivity contribution >= 4 is 11.2 Å². The number of aryl methyl sites for hydroxylation is 1. The van der Waals surface area contributed by atoms with Crippen molar-refractivity contribution in [2.45, 2.75) is 0 Å². The molecule has 0 bridgehead atoms. The van der Waals surface area contributed by atoms with Crippen LogP contribution >= 0.6 is 0 Å². The first kappa shape index (κ1) is 18.1. The van der Waals surface area contributed by atoms with Gasteiger partial charge in [-0.05, 0) is 47.5 Å². The third kappa shape index (κ3) is 3.10. The smallest absolute Gasteiger partial charge is 0.133 e. The molecule has 0 radical (unpaired) electrons. The van der Waals surface area contributed by atoms with Gasteiger partial charge in [0, 0.05) is 53.4 Å². The van der Waals surface area contributed by atoms with Crippen molar-refractivity contribution < 1.29 is 8.78 Å². The van der Waals surface area contributed by atoms with Crippen molar-refractivity contribution in [3.05, 3.63) is 85.0 Å². The van der Waals surface area contributed by atoms with Crippen LogP contribution in [0.25, 0.3) is 38.9 Å². The zero-order valence-electron chi connectivity index (χ0n) is 16.1. The Bertz CT molecular complexity index is 1400. The van der Waals surface area contributed by atoms with Crippen LogP contribution in [0.5, 0.6) is 0 Å². The summed E-state index contributed by atoms with van der Waals surface area (Å²) in [6.07, 6.45) is 7.42. The Labute approximate surface area is 171 Å². The van der Waals surface area contributed by atoms with Gasteiger partial charge in [0.05, 0.1) is 17.9 Å². The fourth-order valence-electron chi connectivity index (χ4n) is 3.63. The molecule has 148 valence electrons. The summed E-state index contributed by atoms with van der Waals surface area (Å²) in [5, 5.41) is 8.68. The second-order valence-corrected chi connectivity index (χ2v) is 7.18. The molecule has 0 saturated heterocycles. The maximum Gasteiger partial charge on any atom is 0.133 e. The van der Waals surface area contributed by atoms with E-state index in [1.165, 1.54) is 12.1 Å². The fourth-order valence-corrected chi connectivity index (χ4v) is 3.63. The highest BCUT2D eigenvalue weighted by atomic mass is 19.1. The van der Waals surface area contributed by atoms with Crippen molar-refractivity contribution in [1.82, 2.24) is 19.4 Å². The molecule has 3 aromatic heterocycles. The molecule has 0 unspecified atom stereocenters.